The minimum Gasteiger partial charge on any atom is -0.497 e. The summed E-state index contributed by atoms with van der Waals surface area (Å²) in [7, 11) is 1.70. The predicted molar refractivity (Wildman–Crippen MR) is 83.2 cm³/mol. The molecule has 20 heavy (non-hydrogen) atoms. The monoisotopic (exact) mass is 276 g/mol. The minimum absolute atomic E-state index is 0.285. The molecule has 1 fully saturated rings. The average molecular weight is 276 g/mol. The summed E-state index contributed by atoms with van der Waals surface area (Å²) in [6.45, 7) is 3.20. The van der Waals surface area contributed by atoms with E-state index < -0.39 is 0 Å². The molecule has 0 aliphatic carbocycles. The van der Waals surface area contributed by atoms with Gasteiger partial charge >= 0.3 is 0 Å². The van der Waals surface area contributed by atoms with Crippen molar-refractivity contribution in [1.82, 2.24) is 0 Å². The van der Waals surface area contributed by atoms with Crippen molar-refractivity contribution in [2.45, 2.75) is 58.0 Å². The molecule has 0 amide bonds. The first-order chi connectivity index (χ1) is 9.83. The van der Waals surface area contributed by atoms with Crippen LogP contribution in [0.4, 0.5) is 0 Å². The number of unbranched alkanes of at least 4 members (excludes halogenated alkanes) is 3. The molecule has 0 N–H and O–H groups in total. The first-order valence-electron chi connectivity index (χ1n) is 8.09. The maximum atomic E-state index is 6.07. The molecule has 2 unspecified atom stereocenters. The van der Waals surface area contributed by atoms with Crippen molar-refractivity contribution >= 4 is 0 Å². The zero-order valence-corrected chi connectivity index (χ0v) is 12.9. The van der Waals surface area contributed by atoms with Gasteiger partial charge in [-0.2, -0.15) is 0 Å². The van der Waals surface area contributed by atoms with Crippen LogP contribution in [0.25, 0.3) is 0 Å². The van der Waals surface area contributed by atoms with Crippen LogP contribution in [0.15, 0.2) is 24.3 Å². The van der Waals surface area contributed by atoms with Gasteiger partial charge in [0.25, 0.3) is 0 Å². The van der Waals surface area contributed by atoms with Gasteiger partial charge in [0, 0.05) is 0 Å². The molecule has 1 aromatic rings. The Balaban J connectivity index is 1.73. The van der Waals surface area contributed by atoms with Gasteiger partial charge in [-0.25, -0.2) is 0 Å². The van der Waals surface area contributed by atoms with Gasteiger partial charge in [-0.15, -0.1) is 0 Å². The molecule has 1 heterocycles. The highest BCUT2D eigenvalue weighted by Gasteiger charge is 2.22. The van der Waals surface area contributed by atoms with Crippen molar-refractivity contribution in [3.63, 3.8) is 0 Å². The number of hydrogen-bond acceptors (Lipinski definition) is 2. The lowest BCUT2D eigenvalue weighted by Crippen LogP contribution is -2.20. The molecule has 1 saturated heterocycles. The van der Waals surface area contributed by atoms with Crippen molar-refractivity contribution < 1.29 is 9.47 Å². The van der Waals surface area contributed by atoms with Gasteiger partial charge < -0.3 is 9.47 Å². The zero-order valence-electron chi connectivity index (χ0n) is 12.9. The van der Waals surface area contributed by atoms with Crippen LogP contribution in [0, 0.1) is 5.92 Å². The Morgan fingerprint density at radius 2 is 1.90 bits per heavy atom. The second-order valence-electron chi connectivity index (χ2n) is 5.89. The molecule has 1 aliphatic heterocycles. The summed E-state index contributed by atoms with van der Waals surface area (Å²) in [6.07, 6.45) is 9.54. The molecule has 0 aromatic heterocycles. The van der Waals surface area contributed by atoms with Gasteiger partial charge in [0.1, 0.15) is 5.75 Å². The molecule has 0 radical (unpaired) electrons. The van der Waals surface area contributed by atoms with E-state index in [0.29, 0.717) is 0 Å². The van der Waals surface area contributed by atoms with Gasteiger partial charge in [0.15, 0.2) is 0 Å². The standard InChI is InChI=1S/C18H28O2/c1-3-4-5-6-7-15-8-13-18(20-14-15)16-9-11-17(19-2)12-10-16/h9-12,15,18H,3-8,13-14H2,1-2H3. The third-order valence-electron chi connectivity index (χ3n) is 4.32. The molecule has 1 aliphatic rings. The molecule has 2 atom stereocenters. The SMILES string of the molecule is CCCCCCC1CCC(c2ccc(OC)cc2)OC1. The molecule has 2 nitrogen and oxygen atoms in total. The number of methoxy groups -OCH3 is 1. The smallest absolute Gasteiger partial charge is 0.118 e. The molecular formula is C18H28O2. The van der Waals surface area contributed by atoms with Crippen molar-refractivity contribution in [1.29, 1.82) is 0 Å². The average Bonchev–Trinajstić information content (AvgIpc) is 2.52. The van der Waals surface area contributed by atoms with Gasteiger partial charge in [0.2, 0.25) is 0 Å². The lowest BCUT2D eigenvalue weighted by atomic mass is 9.91. The Morgan fingerprint density at radius 1 is 1.10 bits per heavy atom. The van der Waals surface area contributed by atoms with Crippen molar-refractivity contribution in [2.75, 3.05) is 13.7 Å². The lowest BCUT2D eigenvalue weighted by molar-refractivity contribution is -0.0199. The molecule has 2 heteroatoms. The summed E-state index contributed by atoms with van der Waals surface area (Å²) >= 11 is 0. The maximum Gasteiger partial charge on any atom is 0.118 e. The van der Waals surface area contributed by atoms with E-state index in [2.05, 4.69) is 19.1 Å². The van der Waals surface area contributed by atoms with E-state index in [4.69, 9.17) is 9.47 Å². The second-order valence-corrected chi connectivity index (χ2v) is 5.89. The van der Waals surface area contributed by atoms with Crippen LogP contribution in [-0.2, 0) is 4.74 Å². The van der Waals surface area contributed by atoms with Crippen molar-refractivity contribution in [3.05, 3.63) is 29.8 Å². The fourth-order valence-electron chi connectivity index (χ4n) is 2.97. The summed E-state index contributed by atoms with van der Waals surface area (Å²) in [4.78, 5) is 0. The quantitative estimate of drug-likeness (QED) is 0.642. The predicted octanol–water partition coefficient (Wildman–Crippen LogP) is 5.13. The highest BCUT2D eigenvalue weighted by molar-refractivity contribution is 5.28. The highest BCUT2D eigenvalue weighted by Crippen LogP contribution is 2.33. The summed E-state index contributed by atoms with van der Waals surface area (Å²) < 4.78 is 11.3. The number of benzene rings is 1. The fraction of sp³-hybridized carbons (Fsp3) is 0.667. The summed E-state index contributed by atoms with van der Waals surface area (Å²) in [5.41, 5.74) is 1.29. The van der Waals surface area contributed by atoms with Crippen LogP contribution >= 0.6 is 0 Å². The number of hydrogen-bond donors (Lipinski definition) is 0. The summed E-state index contributed by atoms with van der Waals surface area (Å²) in [5.74, 6) is 1.69. The topological polar surface area (TPSA) is 18.5 Å². The van der Waals surface area contributed by atoms with Crippen molar-refractivity contribution in [3.8, 4) is 5.75 Å². The Kier molecular flexibility index (Phi) is 6.38. The Labute approximate surface area is 123 Å². The van der Waals surface area contributed by atoms with Gasteiger partial charge in [-0.1, -0.05) is 44.7 Å². The molecule has 0 saturated carbocycles. The van der Waals surface area contributed by atoms with E-state index >= 15 is 0 Å². The normalized spacial score (nSPS) is 22.7. The van der Waals surface area contributed by atoms with Gasteiger partial charge in [-0.05, 0) is 42.9 Å². The van der Waals surface area contributed by atoms with Gasteiger partial charge in [0.05, 0.1) is 19.8 Å². The van der Waals surface area contributed by atoms with E-state index in [1.165, 1.54) is 44.1 Å². The minimum atomic E-state index is 0.285. The first-order valence-corrected chi connectivity index (χ1v) is 8.09. The van der Waals surface area contributed by atoms with Crippen LogP contribution in [0.3, 0.4) is 0 Å². The van der Waals surface area contributed by atoms with Crippen LogP contribution in [0.2, 0.25) is 0 Å². The summed E-state index contributed by atoms with van der Waals surface area (Å²) in [6, 6.07) is 8.31. The molecular weight excluding hydrogens is 248 g/mol. The molecule has 0 spiro atoms. The van der Waals surface area contributed by atoms with E-state index in [1.54, 1.807) is 7.11 Å². The molecule has 1 aromatic carbocycles. The Bertz CT molecular complexity index is 364. The van der Waals surface area contributed by atoms with E-state index in [1.807, 2.05) is 12.1 Å². The number of rotatable bonds is 7. The zero-order chi connectivity index (χ0) is 14.2. The van der Waals surface area contributed by atoms with Crippen LogP contribution < -0.4 is 4.74 Å². The maximum absolute atomic E-state index is 6.07. The first kappa shape index (κ1) is 15.4. The Morgan fingerprint density at radius 3 is 2.50 bits per heavy atom. The summed E-state index contributed by atoms with van der Waals surface area (Å²) in [5, 5.41) is 0. The van der Waals surface area contributed by atoms with E-state index in [9.17, 15) is 0 Å². The third kappa shape index (κ3) is 4.52. The molecule has 0 bridgehead atoms. The van der Waals surface area contributed by atoms with E-state index in [0.717, 1.165) is 24.7 Å². The largest absolute Gasteiger partial charge is 0.497 e. The fourth-order valence-corrected chi connectivity index (χ4v) is 2.97. The highest BCUT2D eigenvalue weighted by atomic mass is 16.5. The van der Waals surface area contributed by atoms with Crippen LogP contribution in [-0.4, -0.2) is 13.7 Å². The number of ether oxygens (including phenoxy) is 2. The van der Waals surface area contributed by atoms with Crippen LogP contribution in [0.1, 0.15) is 63.5 Å². The molecule has 2 rings (SSSR count). The molecule has 112 valence electrons. The van der Waals surface area contributed by atoms with Crippen molar-refractivity contribution in [2.24, 2.45) is 5.92 Å². The van der Waals surface area contributed by atoms with Crippen LogP contribution in [0.5, 0.6) is 5.75 Å². The van der Waals surface area contributed by atoms with Gasteiger partial charge in [-0.3, -0.25) is 0 Å². The Hall–Kier alpha value is -1.02. The lowest BCUT2D eigenvalue weighted by Gasteiger charge is -2.29. The second kappa shape index (κ2) is 8.31. The third-order valence-corrected chi connectivity index (χ3v) is 4.32. The van der Waals surface area contributed by atoms with E-state index in [-0.39, 0.29) is 6.10 Å².